The molecule has 1 aromatic rings. The lowest BCUT2D eigenvalue weighted by atomic mass is 9.76. The summed E-state index contributed by atoms with van der Waals surface area (Å²) in [5.74, 6) is 0.891. The van der Waals surface area contributed by atoms with Gasteiger partial charge in [0, 0.05) is 32.2 Å². The molecule has 2 heterocycles. The van der Waals surface area contributed by atoms with Gasteiger partial charge in [-0.2, -0.15) is 0 Å². The number of nitrogens with zero attached hydrogens (tertiary/aromatic N) is 1. The van der Waals surface area contributed by atoms with E-state index in [4.69, 9.17) is 0 Å². The second kappa shape index (κ2) is 6.42. The Labute approximate surface area is 140 Å². The van der Waals surface area contributed by atoms with E-state index in [0.717, 1.165) is 31.7 Å². The van der Waals surface area contributed by atoms with Crippen molar-refractivity contribution in [1.82, 2.24) is 10.2 Å². The third-order valence-electron chi connectivity index (χ3n) is 4.91. The molecule has 2 fully saturated rings. The van der Waals surface area contributed by atoms with E-state index in [0.29, 0.717) is 12.0 Å². The Balaban J connectivity index is 0.00000156. The predicted octanol–water partition coefficient (Wildman–Crippen LogP) is 3.18. The van der Waals surface area contributed by atoms with Crippen LogP contribution in [-0.2, 0) is 0 Å². The van der Waals surface area contributed by atoms with Gasteiger partial charge in [-0.1, -0.05) is 12.5 Å². The van der Waals surface area contributed by atoms with Crippen LogP contribution >= 0.6 is 12.4 Å². The fourth-order valence-corrected chi connectivity index (χ4v) is 3.65. The van der Waals surface area contributed by atoms with Crippen molar-refractivity contribution in [2.24, 2.45) is 5.92 Å². The van der Waals surface area contributed by atoms with Crippen LogP contribution in [0, 0.1) is 5.92 Å². The molecule has 4 rings (SSSR count). The largest absolute Gasteiger partial charge is 0.586 e. The Hall–Kier alpha value is -1.11. The number of alkyl halides is 2. The lowest BCUT2D eigenvalue weighted by molar-refractivity contribution is -0.286. The lowest BCUT2D eigenvalue weighted by Crippen LogP contribution is -2.47. The van der Waals surface area contributed by atoms with Crippen molar-refractivity contribution in [3.8, 4) is 11.5 Å². The van der Waals surface area contributed by atoms with Crippen LogP contribution in [0.3, 0.4) is 0 Å². The molecule has 7 heteroatoms. The first-order valence-corrected chi connectivity index (χ1v) is 7.97. The van der Waals surface area contributed by atoms with Crippen molar-refractivity contribution in [3.63, 3.8) is 0 Å². The highest BCUT2D eigenvalue weighted by atomic mass is 35.5. The highest BCUT2D eigenvalue weighted by molar-refractivity contribution is 5.85. The number of nitrogens with one attached hydrogen (secondary N) is 1. The second-order valence-corrected chi connectivity index (χ2v) is 6.30. The molecule has 1 aromatic carbocycles. The molecule has 0 unspecified atom stereocenters. The summed E-state index contributed by atoms with van der Waals surface area (Å²) in [5, 5.41) is 3.36. The molecule has 1 saturated carbocycles. The number of rotatable bonds is 3. The molecule has 0 aromatic heterocycles. The molecule has 1 saturated heterocycles. The zero-order valence-electron chi connectivity index (χ0n) is 12.8. The van der Waals surface area contributed by atoms with Gasteiger partial charge in [-0.3, -0.25) is 4.90 Å². The van der Waals surface area contributed by atoms with E-state index in [1.165, 1.54) is 19.3 Å². The van der Waals surface area contributed by atoms with Gasteiger partial charge in [0.15, 0.2) is 11.5 Å². The number of fused-ring (bicyclic) bond motifs is 1. The Morgan fingerprint density at radius 1 is 1.13 bits per heavy atom. The van der Waals surface area contributed by atoms with Gasteiger partial charge < -0.3 is 14.8 Å². The van der Waals surface area contributed by atoms with Crippen LogP contribution in [0.4, 0.5) is 8.78 Å². The number of hydrogen-bond donors (Lipinski definition) is 1. The Bertz CT molecular complexity index is 563. The molecular formula is C16H21ClF2N2O2. The Kier molecular flexibility index (Phi) is 4.67. The van der Waals surface area contributed by atoms with Crippen LogP contribution in [0.1, 0.15) is 30.9 Å². The number of ether oxygens (including phenoxy) is 2. The van der Waals surface area contributed by atoms with Gasteiger partial charge >= 0.3 is 6.29 Å². The van der Waals surface area contributed by atoms with Crippen molar-refractivity contribution in [1.29, 1.82) is 0 Å². The Morgan fingerprint density at radius 3 is 2.48 bits per heavy atom. The number of benzene rings is 1. The summed E-state index contributed by atoms with van der Waals surface area (Å²) in [4.78, 5) is 2.47. The fourth-order valence-electron chi connectivity index (χ4n) is 3.65. The summed E-state index contributed by atoms with van der Waals surface area (Å²) in [6.45, 7) is 3.94. The number of hydrogen-bond acceptors (Lipinski definition) is 4. The molecular weight excluding hydrogens is 326 g/mol. The zero-order chi connectivity index (χ0) is 15.2. The lowest BCUT2D eigenvalue weighted by Gasteiger charge is -2.43. The molecule has 23 heavy (non-hydrogen) atoms. The van der Waals surface area contributed by atoms with Crippen LogP contribution in [0.25, 0.3) is 0 Å². The third-order valence-corrected chi connectivity index (χ3v) is 4.91. The van der Waals surface area contributed by atoms with Crippen LogP contribution in [-0.4, -0.2) is 37.4 Å². The molecule has 1 N–H and O–H groups in total. The molecule has 2 aliphatic heterocycles. The first-order chi connectivity index (χ1) is 10.6. The van der Waals surface area contributed by atoms with E-state index >= 15 is 0 Å². The monoisotopic (exact) mass is 346 g/mol. The minimum absolute atomic E-state index is 0. The average Bonchev–Trinajstić information content (AvgIpc) is 2.76. The fraction of sp³-hybridized carbons (Fsp3) is 0.625. The maximum Gasteiger partial charge on any atom is 0.586 e. The maximum atomic E-state index is 13.2. The first kappa shape index (κ1) is 16.7. The SMILES string of the molecule is Cl.FC1(F)Oc2ccc([C@H](C3CCC3)N3CCNCC3)cc2O1. The van der Waals surface area contributed by atoms with Crippen LogP contribution in [0.15, 0.2) is 18.2 Å². The van der Waals surface area contributed by atoms with Gasteiger partial charge in [0.25, 0.3) is 0 Å². The summed E-state index contributed by atoms with van der Waals surface area (Å²) >= 11 is 0. The molecule has 1 aliphatic carbocycles. The molecule has 3 aliphatic rings. The molecule has 1 atom stereocenters. The summed E-state index contributed by atoms with van der Waals surface area (Å²) in [7, 11) is 0. The first-order valence-electron chi connectivity index (χ1n) is 7.97. The smallest absolute Gasteiger partial charge is 0.395 e. The minimum atomic E-state index is -3.54. The van der Waals surface area contributed by atoms with E-state index in [1.807, 2.05) is 6.07 Å². The highest BCUT2D eigenvalue weighted by Gasteiger charge is 2.44. The van der Waals surface area contributed by atoms with Crippen LogP contribution in [0.5, 0.6) is 11.5 Å². The Morgan fingerprint density at radius 2 is 1.83 bits per heavy atom. The topological polar surface area (TPSA) is 33.7 Å². The van der Waals surface area contributed by atoms with Crippen molar-refractivity contribution >= 4 is 12.4 Å². The van der Waals surface area contributed by atoms with Crippen molar-refractivity contribution < 1.29 is 18.3 Å². The summed E-state index contributed by atoms with van der Waals surface area (Å²) < 4.78 is 35.5. The van der Waals surface area contributed by atoms with Gasteiger partial charge in [-0.05, 0) is 36.5 Å². The van der Waals surface area contributed by atoms with Crippen molar-refractivity contribution in [3.05, 3.63) is 23.8 Å². The van der Waals surface area contributed by atoms with Gasteiger partial charge in [0.1, 0.15) is 0 Å². The molecule has 4 nitrogen and oxygen atoms in total. The molecule has 128 valence electrons. The zero-order valence-corrected chi connectivity index (χ0v) is 13.6. The summed E-state index contributed by atoms with van der Waals surface area (Å²) in [6, 6.07) is 5.55. The van der Waals surface area contributed by atoms with E-state index in [9.17, 15) is 8.78 Å². The quantitative estimate of drug-likeness (QED) is 0.911. The van der Waals surface area contributed by atoms with Gasteiger partial charge in [0.05, 0.1) is 0 Å². The standard InChI is InChI=1S/C16H20F2N2O2.ClH/c17-16(18)21-13-5-4-12(10-14(13)22-16)15(11-2-1-3-11)20-8-6-19-7-9-20;/h4-5,10-11,15,19H,1-3,6-9H2;1H/t15-;/m0./s1. The number of halogens is 3. The van der Waals surface area contributed by atoms with E-state index in [2.05, 4.69) is 19.7 Å². The maximum absolute atomic E-state index is 13.2. The normalized spacial score (nSPS) is 24.6. The summed E-state index contributed by atoms with van der Waals surface area (Å²) in [6.07, 6.45) is 0.135. The van der Waals surface area contributed by atoms with Crippen molar-refractivity contribution in [2.75, 3.05) is 26.2 Å². The second-order valence-electron chi connectivity index (χ2n) is 6.30. The van der Waals surface area contributed by atoms with E-state index in [1.54, 1.807) is 12.1 Å². The van der Waals surface area contributed by atoms with Gasteiger partial charge in [-0.25, -0.2) is 0 Å². The molecule has 0 radical (unpaired) electrons. The molecule has 0 spiro atoms. The van der Waals surface area contributed by atoms with Crippen LogP contribution < -0.4 is 14.8 Å². The molecule has 0 amide bonds. The van der Waals surface area contributed by atoms with Crippen molar-refractivity contribution in [2.45, 2.75) is 31.6 Å². The van der Waals surface area contributed by atoms with Gasteiger partial charge in [0.2, 0.25) is 0 Å². The van der Waals surface area contributed by atoms with E-state index < -0.39 is 6.29 Å². The van der Waals surface area contributed by atoms with Crippen LogP contribution in [0.2, 0.25) is 0 Å². The molecule has 0 bridgehead atoms. The highest BCUT2D eigenvalue weighted by Crippen LogP contribution is 2.46. The third kappa shape index (κ3) is 3.25. The minimum Gasteiger partial charge on any atom is -0.395 e. The summed E-state index contributed by atoms with van der Waals surface area (Å²) in [5.41, 5.74) is 1.06. The average molecular weight is 347 g/mol. The number of piperazine rings is 1. The predicted molar refractivity (Wildman–Crippen MR) is 84.4 cm³/mol. The van der Waals surface area contributed by atoms with E-state index in [-0.39, 0.29) is 23.9 Å². The van der Waals surface area contributed by atoms with Gasteiger partial charge in [-0.15, -0.1) is 21.2 Å².